The molecule has 0 radical (unpaired) electrons. The molecule has 0 saturated heterocycles. The second-order valence-corrected chi connectivity index (χ2v) is 4.77. The van der Waals surface area contributed by atoms with Crippen LogP contribution >= 0.6 is 0 Å². The van der Waals surface area contributed by atoms with Gasteiger partial charge in [0.25, 0.3) is 5.91 Å². The van der Waals surface area contributed by atoms with Crippen LogP contribution in [0.25, 0.3) is 10.8 Å². The zero-order chi connectivity index (χ0) is 13.5. The van der Waals surface area contributed by atoms with Gasteiger partial charge in [0.05, 0.1) is 5.56 Å². The summed E-state index contributed by atoms with van der Waals surface area (Å²) in [6.07, 6.45) is 1.03. The second-order valence-electron chi connectivity index (χ2n) is 4.77. The highest BCUT2D eigenvalue weighted by Gasteiger charge is 2.53. The van der Waals surface area contributed by atoms with E-state index in [0.29, 0.717) is 18.4 Å². The molecular weight excluding hydrogens is 242 g/mol. The van der Waals surface area contributed by atoms with Crippen LogP contribution in [0.15, 0.2) is 42.5 Å². The molecule has 0 heterocycles. The standard InChI is InChI=1S/C15H13NO3/c16-14(18)15(8-9-15)19-13(17)12-7-3-5-10-4-1-2-6-11(10)12/h1-7H,8-9H2,(H2,16,18). The topological polar surface area (TPSA) is 69.4 Å². The SMILES string of the molecule is NC(=O)C1(OC(=O)c2cccc3ccccc23)CC1. The van der Waals surface area contributed by atoms with Crippen molar-refractivity contribution in [2.75, 3.05) is 0 Å². The monoisotopic (exact) mass is 255 g/mol. The second kappa shape index (κ2) is 4.09. The van der Waals surface area contributed by atoms with Gasteiger partial charge in [0.15, 0.2) is 5.60 Å². The molecule has 96 valence electrons. The predicted molar refractivity (Wildman–Crippen MR) is 70.5 cm³/mol. The Morgan fingerprint density at radius 1 is 1.05 bits per heavy atom. The van der Waals surface area contributed by atoms with Crippen LogP contribution in [0.4, 0.5) is 0 Å². The molecule has 4 nitrogen and oxygen atoms in total. The van der Waals surface area contributed by atoms with Gasteiger partial charge in [-0.15, -0.1) is 0 Å². The van der Waals surface area contributed by atoms with Crippen molar-refractivity contribution < 1.29 is 14.3 Å². The van der Waals surface area contributed by atoms with Crippen LogP contribution in [0.5, 0.6) is 0 Å². The minimum absolute atomic E-state index is 0.464. The van der Waals surface area contributed by atoms with Crippen LogP contribution in [0.1, 0.15) is 23.2 Å². The first-order chi connectivity index (χ1) is 9.12. The van der Waals surface area contributed by atoms with E-state index in [9.17, 15) is 9.59 Å². The molecule has 1 aliphatic carbocycles. The van der Waals surface area contributed by atoms with Crippen LogP contribution in [-0.2, 0) is 9.53 Å². The first-order valence-corrected chi connectivity index (χ1v) is 6.13. The van der Waals surface area contributed by atoms with E-state index < -0.39 is 17.5 Å². The number of rotatable bonds is 3. The highest BCUT2D eigenvalue weighted by atomic mass is 16.6. The minimum Gasteiger partial charge on any atom is -0.445 e. The summed E-state index contributed by atoms with van der Waals surface area (Å²) in [6.45, 7) is 0. The summed E-state index contributed by atoms with van der Waals surface area (Å²) >= 11 is 0. The number of primary amides is 1. The summed E-state index contributed by atoms with van der Waals surface area (Å²) in [6, 6.07) is 13.0. The number of hydrogen-bond donors (Lipinski definition) is 1. The van der Waals surface area contributed by atoms with Crippen LogP contribution < -0.4 is 5.73 Å². The third-order valence-electron chi connectivity index (χ3n) is 3.45. The van der Waals surface area contributed by atoms with Gasteiger partial charge in [0.1, 0.15) is 0 Å². The zero-order valence-corrected chi connectivity index (χ0v) is 10.3. The normalized spacial score (nSPS) is 16.0. The highest BCUT2D eigenvalue weighted by Crippen LogP contribution is 2.40. The van der Waals surface area contributed by atoms with Gasteiger partial charge in [-0.1, -0.05) is 36.4 Å². The van der Waals surface area contributed by atoms with Gasteiger partial charge in [-0.2, -0.15) is 0 Å². The molecule has 2 aromatic carbocycles. The van der Waals surface area contributed by atoms with Gasteiger partial charge in [-0.3, -0.25) is 4.79 Å². The number of fused-ring (bicyclic) bond motifs is 1. The highest BCUT2D eigenvalue weighted by molar-refractivity contribution is 6.05. The first-order valence-electron chi connectivity index (χ1n) is 6.13. The molecule has 0 bridgehead atoms. The molecule has 19 heavy (non-hydrogen) atoms. The quantitative estimate of drug-likeness (QED) is 0.853. The molecule has 0 spiro atoms. The third kappa shape index (κ3) is 1.95. The molecule has 1 saturated carbocycles. The Balaban J connectivity index is 1.96. The van der Waals surface area contributed by atoms with E-state index in [1.54, 1.807) is 12.1 Å². The summed E-state index contributed by atoms with van der Waals surface area (Å²) in [7, 11) is 0. The van der Waals surface area contributed by atoms with Crippen LogP contribution in [-0.4, -0.2) is 17.5 Å². The Kier molecular flexibility index (Phi) is 2.52. The Labute approximate surface area is 110 Å². The van der Waals surface area contributed by atoms with Crippen molar-refractivity contribution in [2.45, 2.75) is 18.4 Å². The number of benzene rings is 2. The number of hydrogen-bond acceptors (Lipinski definition) is 3. The maximum absolute atomic E-state index is 12.2. The average molecular weight is 255 g/mol. The molecule has 1 amide bonds. The van der Waals surface area contributed by atoms with E-state index in [0.717, 1.165) is 10.8 Å². The lowest BCUT2D eigenvalue weighted by molar-refractivity contribution is -0.128. The number of nitrogens with two attached hydrogens (primary N) is 1. The predicted octanol–water partition coefficient (Wildman–Crippen LogP) is 2.01. The number of ether oxygens (including phenoxy) is 1. The van der Waals surface area contributed by atoms with Gasteiger partial charge in [0.2, 0.25) is 0 Å². The Hall–Kier alpha value is -2.36. The van der Waals surface area contributed by atoms with Crippen molar-refractivity contribution in [1.29, 1.82) is 0 Å². The van der Waals surface area contributed by atoms with Crippen molar-refractivity contribution in [1.82, 2.24) is 0 Å². The fourth-order valence-corrected chi connectivity index (χ4v) is 2.15. The van der Waals surface area contributed by atoms with Crippen molar-refractivity contribution in [3.05, 3.63) is 48.0 Å². The van der Waals surface area contributed by atoms with Crippen LogP contribution in [0.3, 0.4) is 0 Å². The maximum Gasteiger partial charge on any atom is 0.339 e. The fourth-order valence-electron chi connectivity index (χ4n) is 2.15. The number of carbonyl (C=O) groups is 2. The van der Waals surface area contributed by atoms with Gasteiger partial charge in [-0.05, 0) is 16.8 Å². The van der Waals surface area contributed by atoms with E-state index >= 15 is 0 Å². The number of amides is 1. The van der Waals surface area contributed by atoms with Crippen molar-refractivity contribution >= 4 is 22.6 Å². The van der Waals surface area contributed by atoms with E-state index in [-0.39, 0.29) is 0 Å². The van der Waals surface area contributed by atoms with Gasteiger partial charge in [-0.25, -0.2) is 4.79 Å². The zero-order valence-electron chi connectivity index (χ0n) is 10.3. The van der Waals surface area contributed by atoms with Crippen LogP contribution in [0, 0.1) is 0 Å². The molecule has 0 unspecified atom stereocenters. The molecule has 0 aliphatic heterocycles. The molecule has 0 aromatic heterocycles. The third-order valence-corrected chi connectivity index (χ3v) is 3.45. The van der Waals surface area contributed by atoms with Gasteiger partial charge < -0.3 is 10.5 Å². The molecule has 1 fully saturated rings. The molecule has 2 aromatic rings. The average Bonchev–Trinajstić information content (AvgIpc) is 3.19. The first kappa shape index (κ1) is 11.7. The van der Waals surface area contributed by atoms with Crippen molar-refractivity contribution in [3.63, 3.8) is 0 Å². The van der Waals surface area contributed by atoms with E-state index in [2.05, 4.69) is 0 Å². The summed E-state index contributed by atoms with van der Waals surface area (Å²) in [5, 5.41) is 1.77. The van der Waals surface area contributed by atoms with Gasteiger partial charge in [0, 0.05) is 12.8 Å². The maximum atomic E-state index is 12.2. The van der Waals surface area contributed by atoms with E-state index in [1.807, 2.05) is 30.3 Å². The molecule has 2 N–H and O–H groups in total. The summed E-state index contributed by atoms with van der Waals surface area (Å²) in [4.78, 5) is 23.4. The van der Waals surface area contributed by atoms with Crippen molar-refractivity contribution in [3.8, 4) is 0 Å². The van der Waals surface area contributed by atoms with Gasteiger partial charge >= 0.3 is 5.97 Å². The molecule has 1 aliphatic rings. The summed E-state index contributed by atoms with van der Waals surface area (Å²) in [5.74, 6) is -1.06. The molecular formula is C15H13NO3. The fraction of sp³-hybridized carbons (Fsp3) is 0.200. The van der Waals surface area contributed by atoms with E-state index in [4.69, 9.17) is 10.5 Å². The van der Waals surface area contributed by atoms with Crippen LogP contribution in [0.2, 0.25) is 0 Å². The summed E-state index contributed by atoms with van der Waals surface area (Å²) < 4.78 is 5.29. The Morgan fingerprint density at radius 3 is 2.42 bits per heavy atom. The summed E-state index contributed by atoms with van der Waals surface area (Å²) in [5.41, 5.74) is 4.64. The Bertz CT molecular complexity index is 669. The lowest BCUT2D eigenvalue weighted by atomic mass is 10.0. The Morgan fingerprint density at radius 2 is 1.74 bits per heavy atom. The number of carbonyl (C=O) groups excluding carboxylic acids is 2. The number of esters is 1. The molecule has 3 rings (SSSR count). The molecule has 0 atom stereocenters. The molecule has 4 heteroatoms. The lowest BCUT2D eigenvalue weighted by Gasteiger charge is -2.13. The lowest BCUT2D eigenvalue weighted by Crippen LogP contribution is -2.35. The minimum atomic E-state index is -1.08. The largest absolute Gasteiger partial charge is 0.445 e. The van der Waals surface area contributed by atoms with Crippen molar-refractivity contribution in [2.24, 2.45) is 5.73 Å². The van der Waals surface area contributed by atoms with E-state index in [1.165, 1.54) is 0 Å². The smallest absolute Gasteiger partial charge is 0.339 e.